The van der Waals surface area contributed by atoms with Crippen LogP contribution < -0.4 is 5.32 Å². The largest absolute Gasteiger partial charge is 0.337 e. The Labute approximate surface area is 111 Å². The number of imidazole rings is 1. The third-order valence-electron chi connectivity index (χ3n) is 3.08. The maximum atomic E-state index is 13.7. The minimum Gasteiger partial charge on any atom is -0.337 e. The van der Waals surface area contributed by atoms with Crippen molar-refractivity contribution >= 4 is 0 Å². The number of nitrogens with one attached hydrogen (secondary N) is 1. The van der Waals surface area contributed by atoms with E-state index in [9.17, 15) is 8.78 Å². The first kappa shape index (κ1) is 13.7. The lowest BCUT2D eigenvalue weighted by atomic mass is 10.0. The van der Waals surface area contributed by atoms with Gasteiger partial charge in [0.25, 0.3) is 0 Å². The van der Waals surface area contributed by atoms with Crippen molar-refractivity contribution < 1.29 is 8.78 Å². The van der Waals surface area contributed by atoms with Gasteiger partial charge in [-0.05, 0) is 24.6 Å². The lowest BCUT2D eigenvalue weighted by Crippen LogP contribution is -2.26. The quantitative estimate of drug-likeness (QED) is 0.900. The van der Waals surface area contributed by atoms with E-state index in [4.69, 9.17) is 0 Å². The van der Waals surface area contributed by atoms with Gasteiger partial charge in [-0.25, -0.2) is 13.8 Å². The molecule has 0 radical (unpaired) electrons. The third kappa shape index (κ3) is 2.98. The molecule has 0 spiro atoms. The molecule has 0 amide bonds. The topological polar surface area (TPSA) is 29.9 Å². The highest BCUT2D eigenvalue weighted by molar-refractivity contribution is 5.21. The number of aryl methyl sites for hydroxylation is 1. The van der Waals surface area contributed by atoms with E-state index in [1.54, 1.807) is 12.3 Å². The zero-order chi connectivity index (χ0) is 13.8. The van der Waals surface area contributed by atoms with Gasteiger partial charge in [-0.3, -0.25) is 0 Å². The number of halogens is 2. The smallest absolute Gasteiger partial charge is 0.162 e. The first-order valence-corrected chi connectivity index (χ1v) is 6.27. The molecule has 0 aliphatic carbocycles. The molecule has 1 N–H and O–H groups in total. The maximum Gasteiger partial charge on any atom is 0.162 e. The lowest BCUT2D eigenvalue weighted by Gasteiger charge is -2.18. The Morgan fingerprint density at radius 1 is 1.37 bits per heavy atom. The van der Waals surface area contributed by atoms with E-state index in [0.29, 0.717) is 12.0 Å². The van der Waals surface area contributed by atoms with Gasteiger partial charge in [0, 0.05) is 19.4 Å². The van der Waals surface area contributed by atoms with Crippen LogP contribution in [0.25, 0.3) is 0 Å². The summed E-state index contributed by atoms with van der Waals surface area (Å²) < 4.78 is 28.8. The number of benzene rings is 1. The highest BCUT2D eigenvalue weighted by Gasteiger charge is 2.18. The number of hydrogen-bond acceptors (Lipinski definition) is 2. The van der Waals surface area contributed by atoms with E-state index < -0.39 is 11.6 Å². The summed E-state index contributed by atoms with van der Waals surface area (Å²) in [5.41, 5.74) is 0.356. The van der Waals surface area contributed by atoms with Crippen LogP contribution in [0.3, 0.4) is 0 Å². The molecule has 1 heterocycles. The molecule has 0 fully saturated rings. The van der Waals surface area contributed by atoms with E-state index in [2.05, 4.69) is 10.3 Å². The normalized spacial score (nSPS) is 12.6. The molecule has 102 valence electrons. The fraction of sp³-hybridized carbons (Fsp3) is 0.357. The van der Waals surface area contributed by atoms with Gasteiger partial charge < -0.3 is 9.88 Å². The minimum absolute atomic E-state index is 0.138. The summed E-state index contributed by atoms with van der Waals surface area (Å²) in [6.45, 7) is 2.70. The average Bonchev–Trinajstić information content (AvgIpc) is 2.80. The van der Waals surface area contributed by atoms with Crippen LogP contribution >= 0.6 is 0 Å². The van der Waals surface area contributed by atoms with Crippen molar-refractivity contribution in [1.82, 2.24) is 14.9 Å². The van der Waals surface area contributed by atoms with Crippen LogP contribution in [-0.2, 0) is 13.5 Å². The van der Waals surface area contributed by atoms with Crippen molar-refractivity contribution in [2.45, 2.75) is 19.4 Å². The Kier molecular flexibility index (Phi) is 4.27. The van der Waals surface area contributed by atoms with Gasteiger partial charge in [0.2, 0.25) is 0 Å². The molecule has 19 heavy (non-hydrogen) atoms. The van der Waals surface area contributed by atoms with Crippen molar-refractivity contribution in [3.63, 3.8) is 0 Å². The Morgan fingerprint density at radius 3 is 2.79 bits per heavy atom. The lowest BCUT2D eigenvalue weighted by molar-refractivity contribution is 0.468. The molecule has 0 saturated carbocycles. The molecule has 3 nitrogen and oxygen atoms in total. The molecular formula is C14H17F2N3. The molecule has 1 aromatic carbocycles. The van der Waals surface area contributed by atoms with E-state index in [1.807, 2.05) is 24.7 Å². The summed E-state index contributed by atoms with van der Waals surface area (Å²) in [6, 6.07) is 4.12. The molecule has 0 bridgehead atoms. The molecule has 1 aromatic heterocycles. The number of likely N-dealkylation sites (N-methyl/N-ethyl adjacent to an activating group) is 1. The van der Waals surface area contributed by atoms with Gasteiger partial charge in [0.15, 0.2) is 11.6 Å². The van der Waals surface area contributed by atoms with Crippen LogP contribution in [0.2, 0.25) is 0 Å². The van der Waals surface area contributed by atoms with Gasteiger partial charge >= 0.3 is 0 Å². The summed E-state index contributed by atoms with van der Waals surface area (Å²) in [4.78, 5) is 4.27. The molecule has 1 unspecified atom stereocenters. The Bertz CT molecular complexity index is 551. The Morgan fingerprint density at radius 2 is 2.16 bits per heavy atom. The first-order valence-electron chi connectivity index (χ1n) is 6.27. The van der Waals surface area contributed by atoms with Crippen molar-refractivity contribution in [3.8, 4) is 0 Å². The second kappa shape index (κ2) is 5.93. The van der Waals surface area contributed by atoms with E-state index in [1.165, 1.54) is 6.07 Å². The van der Waals surface area contributed by atoms with Crippen LogP contribution in [0, 0.1) is 11.6 Å². The molecule has 5 heteroatoms. The molecule has 2 aromatic rings. The zero-order valence-corrected chi connectivity index (χ0v) is 11.0. The number of hydrogen-bond donors (Lipinski definition) is 1. The Hall–Kier alpha value is -1.75. The molecule has 1 atom stereocenters. The SMILES string of the molecule is CCNC(Cc1cccc(F)c1F)c1nccn1C. The Balaban J connectivity index is 2.27. The van der Waals surface area contributed by atoms with Crippen molar-refractivity contribution in [2.75, 3.05) is 6.54 Å². The van der Waals surface area contributed by atoms with E-state index >= 15 is 0 Å². The van der Waals surface area contributed by atoms with Crippen LogP contribution in [-0.4, -0.2) is 16.1 Å². The first-order chi connectivity index (χ1) is 9.13. The highest BCUT2D eigenvalue weighted by Crippen LogP contribution is 2.20. The maximum absolute atomic E-state index is 13.7. The summed E-state index contributed by atoms with van der Waals surface area (Å²) in [5, 5.41) is 3.25. The predicted octanol–water partition coefficient (Wildman–Crippen LogP) is 2.59. The highest BCUT2D eigenvalue weighted by atomic mass is 19.2. The summed E-state index contributed by atoms with van der Waals surface area (Å²) in [7, 11) is 1.88. The molecule has 0 aliphatic heterocycles. The van der Waals surface area contributed by atoms with Crippen LogP contribution in [0.4, 0.5) is 8.78 Å². The van der Waals surface area contributed by atoms with Crippen molar-refractivity contribution in [3.05, 3.63) is 53.6 Å². The monoisotopic (exact) mass is 265 g/mol. The summed E-state index contributed by atoms with van der Waals surface area (Å²) >= 11 is 0. The van der Waals surface area contributed by atoms with Crippen LogP contribution in [0.5, 0.6) is 0 Å². The van der Waals surface area contributed by atoms with Crippen LogP contribution in [0.15, 0.2) is 30.6 Å². The fourth-order valence-electron chi connectivity index (χ4n) is 2.14. The van der Waals surface area contributed by atoms with Crippen molar-refractivity contribution in [1.29, 1.82) is 0 Å². The van der Waals surface area contributed by atoms with Crippen LogP contribution in [0.1, 0.15) is 24.4 Å². The molecule has 0 aliphatic rings. The fourth-order valence-corrected chi connectivity index (χ4v) is 2.14. The predicted molar refractivity (Wildman–Crippen MR) is 69.7 cm³/mol. The second-order valence-corrected chi connectivity index (χ2v) is 4.42. The third-order valence-corrected chi connectivity index (χ3v) is 3.08. The minimum atomic E-state index is -0.812. The van der Waals surface area contributed by atoms with E-state index in [0.717, 1.165) is 18.4 Å². The number of nitrogens with zero attached hydrogens (tertiary/aromatic N) is 2. The standard InChI is InChI=1S/C14H17F2N3/c1-3-17-12(14-18-7-8-19(14)2)9-10-5-4-6-11(15)13(10)16/h4-8,12,17H,3,9H2,1-2H3. The van der Waals surface area contributed by atoms with Crippen molar-refractivity contribution in [2.24, 2.45) is 7.05 Å². The number of rotatable bonds is 5. The van der Waals surface area contributed by atoms with Gasteiger partial charge in [0.1, 0.15) is 5.82 Å². The van der Waals surface area contributed by atoms with Gasteiger partial charge in [-0.15, -0.1) is 0 Å². The summed E-state index contributed by atoms with van der Waals surface area (Å²) in [6.07, 6.45) is 3.89. The second-order valence-electron chi connectivity index (χ2n) is 4.42. The van der Waals surface area contributed by atoms with Gasteiger partial charge in [-0.1, -0.05) is 19.1 Å². The van der Waals surface area contributed by atoms with Gasteiger partial charge in [-0.2, -0.15) is 0 Å². The molecule has 2 rings (SSSR count). The zero-order valence-electron chi connectivity index (χ0n) is 11.0. The molecule has 0 saturated heterocycles. The number of aromatic nitrogens is 2. The average molecular weight is 265 g/mol. The van der Waals surface area contributed by atoms with Gasteiger partial charge in [0.05, 0.1) is 6.04 Å². The molecular weight excluding hydrogens is 248 g/mol. The van der Waals surface area contributed by atoms with E-state index in [-0.39, 0.29) is 6.04 Å². The summed E-state index contributed by atoms with van der Waals surface area (Å²) in [5.74, 6) is -0.780.